The molecule has 1 heterocycles. The number of hydrogen-bond donors (Lipinski definition) is 2. The Bertz CT molecular complexity index is 1190. The predicted octanol–water partition coefficient (Wildman–Crippen LogP) is 4.63. The first kappa shape index (κ1) is 25.0. The lowest BCUT2D eigenvalue weighted by Gasteiger charge is -2.31. The number of anilines is 1. The second-order valence-corrected chi connectivity index (χ2v) is 9.93. The monoisotopic (exact) mass is 591 g/mol. The lowest BCUT2D eigenvalue weighted by atomic mass is 9.78. The lowest BCUT2D eigenvalue weighted by Crippen LogP contribution is -2.44. The summed E-state index contributed by atoms with van der Waals surface area (Å²) in [6.45, 7) is 1.91. The highest BCUT2D eigenvalue weighted by Gasteiger charge is 2.44. The van der Waals surface area contributed by atoms with Crippen LogP contribution < -0.4 is 10.6 Å². The van der Waals surface area contributed by atoms with Crippen LogP contribution in [-0.2, 0) is 19.1 Å². The number of aryl methyl sites for hydroxylation is 1. The summed E-state index contributed by atoms with van der Waals surface area (Å²) in [6.07, 6.45) is 0. The molecule has 0 spiro atoms. The van der Waals surface area contributed by atoms with E-state index >= 15 is 0 Å². The van der Waals surface area contributed by atoms with Crippen molar-refractivity contribution in [3.8, 4) is 6.07 Å². The number of benzene rings is 2. The highest BCUT2D eigenvalue weighted by molar-refractivity contribution is 9.10. The maximum absolute atomic E-state index is 12.9. The van der Waals surface area contributed by atoms with E-state index in [1.54, 1.807) is 30.3 Å². The van der Waals surface area contributed by atoms with E-state index in [9.17, 15) is 19.6 Å². The first-order valence-electron chi connectivity index (χ1n) is 9.72. The van der Waals surface area contributed by atoms with Gasteiger partial charge in [0, 0.05) is 20.6 Å². The number of nitrogens with one attached hydrogen (secondary N) is 2. The number of carbonyl (C=O) groups excluding carboxylic acids is 3. The van der Waals surface area contributed by atoms with Gasteiger partial charge in [-0.05, 0) is 48.4 Å². The number of allylic oxidation sites excluding steroid dienone is 1. The first-order valence-corrected chi connectivity index (χ1v) is 12.3. The molecular formula is C23H19Br2N3O4S. The zero-order chi connectivity index (χ0) is 24.1. The first-order chi connectivity index (χ1) is 15.7. The molecule has 3 rings (SSSR count). The number of hydrogen-bond acceptors (Lipinski definition) is 6. The van der Waals surface area contributed by atoms with Gasteiger partial charge in [-0.2, -0.15) is 5.26 Å². The van der Waals surface area contributed by atoms with Crippen molar-refractivity contribution in [2.75, 3.05) is 18.2 Å². The molecule has 33 heavy (non-hydrogen) atoms. The number of methoxy groups -OCH3 is 1. The molecule has 7 nitrogen and oxygen atoms in total. The van der Waals surface area contributed by atoms with Crippen molar-refractivity contribution >= 4 is 67.1 Å². The van der Waals surface area contributed by atoms with E-state index in [0.717, 1.165) is 26.3 Å². The average molecular weight is 593 g/mol. The van der Waals surface area contributed by atoms with Gasteiger partial charge in [-0.15, -0.1) is 0 Å². The molecule has 0 saturated heterocycles. The Morgan fingerprint density at radius 1 is 1.24 bits per heavy atom. The normalized spacial score (nSPS) is 17.7. The van der Waals surface area contributed by atoms with Crippen LogP contribution >= 0.6 is 43.6 Å². The molecule has 0 saturated carbocycles. The van der Waals surface area contributed by atoms with Crippen molar-refractivity contribution in [3.63, 3.8) is 0 Å². The Balaban J connectivity index is 1.88. The molecule has 0 unspecified atom stereocenters. The molecule has 2 N–H and O–H groups in total. The molecule has 1 aliphatic heterocycles. The molecule has 0 fully saturated rings. The fourth-order valence-corrected chi connectivity index (χ4v) is 4.95. The van der Waals surface area contributed by atoms with Crippen LogP contribution in [0.25, 0.3) is 0 Å². The molecule has 170 valence electrons. The number of amides is 2. The van der Waals surface area contributed by atoms with Gasteiger partial charge in [0.05, 0.1) is 29.5 Å². The number of nitrogens with zero attached hydrogens (tertiary/aromatic N) is 1. The average Bonchev–Trinajstić information content (AvgIpc) is 2.79. The van der Waals surface area contributed by atoms with Gasteiger partial charge in [-0.1, -0.05) is 55.8 Å². The minimum atomic E-state index is -1.22. The van der Waals surface area contributed by atoms with E-state index in [-0.39, 0.29) is 22.3 Å². The molecule has 2 atom stereocenters. The van der Waals surface area contributed by atoms with Gasteiger partial charge in [0.15, 0.2) is 0 Å². The molecule has 2 amide bonds. The summed E-state index contributed by atoms with van der Waals surface area (Å²) in [5, 5.41) is 15.6. The van der Waals surface area contributed by atoms with Crippen molar-refractivity contribution in [1.82, 2.24) is 5.32 Å². The smallest absolute Gasteiger partial charge is 0.319 e. The quantitative estimate of drug-likeness (QED) is 0.374. The summed E-state index contributed by atoms with van der Waals surface area (Å²) < 4.78 is 6.51. The largest absolute Gasteiger partial charge is 0.468 e. The summed E-state index contributed by atoms with van der Waals surface area (Å²) in [5.41, 5.74) is 2.42. The molecule has 2 aromatic rings. The second-order valence-electron chi connectivity index (χ2n) is 7.18. The Labute approximate surface area is 212 Å². The zero-order valence-corrected chi connectivity index (χ0v) is 21.6. The van der Waals surface area contributed by atoms with Gasteiger partial charge in [0.25, 0.3) is 0 Å². The fraction of sp³-hybridized carbons (Fsp3) is 0.217. The third kappa shape index (κ3) is 5.85. The summed E-state index contributed by atoms with van der Waals surface area (Å²) in [4.78, 5) is 37.8. The van der Waals surface area contributed by atoms with Crippen LogP contribution in [0.15, 0.2) is 62.0 Å². The number of halogens is 2. The van der Waals surface area contributed by atoms with Gasteiger partial charge in [0.1, 0.15) is 5.92 Å². The van der Waals surface area contributed by atoms with E-state index in [2.05, 4.69) is 48.6 Å². The van der Waals surface area contributed by atoms with Crippen LogP contribution in [0.4, 0.5) is 5.69 Å². The van der Waals surface area contributed by atoms with E-state index in [0.29, 0.717) is 11.3 Å². The van der Waals surface area contributed by atoms with Crippen molar-refractivity contribution in [2.24, 2.45) is 5.92 Å². The number of nitriles is 1. The molecule has 0 radical (unpaired) electrons. The zero-order valence-electron chi connectivity index (χ0n) is 17.6. The van der Waals surface area contributed by atoms with Crippen molar-refractivity contribution in [1.29, 1.82) is 5.26 Å². The maximum atomic E-state index is 12.9. The second kappa shape index (κ2) is 11.0. The summed E-state index contributed by atoms with van der Waals surface area (Å²) in [7, 11) is 1.20. The number of ether oxygens (including phenoxy) is 1. The van der Waals surface area contributed by atoms with Crippen LogP contribution in [0.5, 0.6) is 0 Å². The number of rotatable bonds is 6. The number of thioether (sulfide) groups is 1. The highest BCUT2D eigenvalue weighted by Crippen LogP contribution is 2.40. The topological polar surface area (TPSA) is 108 Å². The molecule has 1 aliphatic rings. The van der Waals surface area contributed by atoms with Crippen molar-refractivity contribution in [2.45, 2.75) is 12.8 Å². The third-order valence-corrected chi connectivity index (χ3v) is 7.38. The molecular weight excluding hydrogens is 574 g/mol. The van der Waals surface area contributed by atoms with E-state index < -0.39 is 23.7 Å². The SMILES string of the molecule is COC(=O)[C@@H]1C(=O)NC(SCC(=O)Nc2ccc(Br)c(C)c2)=C(C#N)[C@@H]1c1cccc(Br)c1. The van der Waals surface area contributed by atoms with Crippen LogP contribution in [0.3, 0.4) is 0 Å². The fourth-order valence-electron chi connectivity index (χ4n) is 3.44. The van der Waals surface area contributed by atoms with Crippen molar-refractivity contribution < 1.29 is 19.1 Å². The molecule has 10 heteroatoms. The van der Waals surface area contributed by atoms with Crippen LogP contribution in [0.2, 0.25) is 0 Å². The Hall–Kier alpha value is -2.61. The summed E-state index contributed by atoms with van der Waals surface area (Å²) in [5.74, 6) is -3.72. The van der Waals surface area contributed by atoms with E-state index in [1.165, 1.54) is 7.11 Å². The van der Waals surface area contributed by atoms with Gasteiger partial charge < -0.3 is 15.4 Å². The van der Waals surface area contributed by atoms with Crippen molar-refractivity contribution in [3.05, 3.63) is 73.1 Å². The Kier molecular flexibility index (Phi) is 8.35. The Morgan fingerprint density at radius 3 is 2.64 bits per heavy atom. The summed E-state index contributed by atoms with van der Waals surface area (Å²) >= 11 is 7.84. The van der Waals surface area contributed by atoms with E-state index in [4.69, 9.17) is 4.74 Å². The summed E-state index contributed by atoms with van der Waals surface area (Å²) in [6, 6.07) is 14.6. The van der Waals surface area contributed by atoms with Crippen LogP contribution in [0, 0.1) is 24.2 Å². The predicted molar refractivity (Wildman–Crippen MR) is 133 cm³/mol. The molecule has 0 aromatic heterocycles. The maximum Gasteiger partial charge on any atom is 0.319 e. The van der Waals surface area contributed by atoms with Gasteiger partial charge in [-0.3, -0.25) is 14.4 Å². The van der Waals surface area contributed by atoms with Gasteiger partial charge in [-0.25, -0.2) is 0 Å². The number of esters is 1. The van der Waals surface area contributed by atoms with Crippen LogP contribution in [-0.4, -0.2) is 30.6 Å². The lowest BCUT2D eigenvalue weighted by molar-refractivity contribution is -0.150. The number of carbonyl (C=O) groups is 3. The molecule has 2 aromatic carbocycles. The van der Waals surface area contributed by atoms with Crippen LogP contribution in [0.1, 0.15) is 17.0 Å². The molecule has 0 bridgehead atoms. The van der Waals surface area contributed by atoms with Gasteiger partial charge in [0.2, 0.25) is 11.8 Å². The standard InChI is InChI=1S/C23H19Br2N3O4S/c1-12-8-15(6-7-17(12)25)27-18(29)11-33-22-16(10-26)19(13-4-3-5-14(24)9-13)20(21(30)28-22)23(31)32-2/h3-9,19-20H,11H2,1-2H3,(H,27,29)(H,28,30)/t19-,20-/m0/s1. The van der Waals surface area contributed by atoms with Gasteiger partial charge >= 0.3 is 5.97 Å². The Morgan fingerprint density at radius 2 is 2.00 bits per heavy atom. The third-order valence-electron chi connectivity index (χ3n) is 4.98. The minimum absolute atomic E-state index is 0.0377. The minimum Gasteiger partial charge on any atom is -0.468 e. The molecule has 0 aliphatic carbocycles. The highest BCUT2D eigenvalue weighted by atomic mass is 79.9. The van der Waals surface area contributed by atoms with E-state index in [1.807, 2.05) is 19.1 Å².